The molecular weight excluding hydrogens is 731 g/mol. The van der Waals surface area contributed by atoms with Crippen LogP contribution in [0.1, 0.15) is 239 Å². The van der Waals surface area contributed by atoms with Crippen LogP contribution in [0, 0.1) is 0 Å². The molecule has 0 heterocycles. The van der Waals surface area contributed by atoms with E-state index in [1.54, 1.807) is 0 Å². The van der Waals surface area contributed by atoms with Crippen molar-refractivity contribution in [3.05, 3.63) is 0 Å². The Balaban J connectivity index is 4.18. The van der Waals surface area contributed by atoms with Gasteiger partial charge in [0, 0.05) is 12.8 Å². The highest BCUT2D eigenvalue weighted by molar-refractivity contribution is 7.47. The minimum atomic E-state index is -4.61. The van der Waals surface area contributed by atoms with Crippen molar-refractivity contribution < 1.29 is 47.8 Å². The van der Waals surface area contributed by atoms with Gasteiger partial charge in [-0.3, -0.25) is 18.6 Å². The minimum absolute atomic E-state index is 0.192. The normalized spacial score (nSPS) is 13.7. The third-order valence-corrected chi connectivity index (χ3v) is 11.5. The summed E-state index contributed by atoms with van der Waals surface area (Å²) in [7, 11) is -4.61. The molecule has 0 aliphatic rings. The number of hydrogen-bond acceptors (Lipinski definition) is 9. The van der Waals surface area contributed by atoms with Gasteiger partial charge in [0.1, 0.15) is 12.7 Å². The molecular formula is C45H89O10P. The Hall–Kier alpha value is -1.03. The maximum atomic E-state index is 12.6. The molecule has 0 saturated heterocycles. The zero-order chi connectivity index (χ0) is 41.2. The quantitative estimate of drug-likeness (QED) is 0.0308. The number of carbonyl (C=O) groups is 2. The molecule has 0 rings (SSSR count). The van der Waals surface area contributed by atoms with Crippen LogP contribution in [0.15, 0.2) is 0 Å². The summed E-state index contributed by atoms with van der Waals surface area (Å²) in [4.78, 5) is 35.0. The van der Waals surface area contributed by atoms with E-state index in [1.807, 2.05) is 0 Å². The Morgan fingerprint density at radius 3 is 1.11 bits per heavy atom. The second-order valence-corrected chi connectivity index (χ2v) is 17.6. The number of aliphatic hydroxyl groups excluding tert-OH is 2. The molecule has 0 spiro atoms. The van der Waals surface area contributed by atoms with E-state index < -0.39 is 51.8 Å². The van der Waals surface area contributed by atoms with Crippen molar-refractivity contribution >= 4 is 19.8 Å². The van der Waals surface area contributed by atoms with Crippen LogP contribution in [0.2, 0.25) is 0 Å². The first-order chi connectivity index (χ1) is 27.2. The molecule has 0 aliphatic heterocycles. The van der Waals surface area contributed by atoms with Crippen molar-refractivity contribution in [2.45, 2.75) is 251 Å². The highest BCUT2D eigenvalue weighted by atomic mass is 31.2. The number of carbonyl (C=O) groups excluding carboxylic acids is 2. The van der Waals surface area contributed by atoms with E-state index in [9.17, 15) is 24.2 Å². The predicted octanol–water partition coefficient (Wildman–Crippen LogP) is 12.6. The van der Waals surface area contributed by atoms with Gasteiger partial charge in [-0.05, 0) is 12.8 Å². The van der Waals surface area contributed by atoms with E-state index in [1.165, 1.54) is 167 Å². The summed E-state index contributed by atoms with van der Waals surface area (Å²) < 4.78 is 32.8. The van der Waals surface area contributed by atoms with E-state index in [0.717, 1.165) is 32.1 Å². The average molecular weight is 821 g/mol. The first-order valence-corrected chi connectivity index (χ1v) is 25.0. The summed E-state index contributed by atoms with van der Waals surface area (Å²) in [5, 5.41) is 18.3. The summed E-state index contributed by atoms with van der Waals surface area (Å²) in [6, 6.07) is 0. The molecule has 10 nitrogen and oxygen atoms in total. The summed E-state index contributed by atoms with van der Waals surface area (Å²) >= 11 is 0. The zero-order valence-electron chi connectivity index (χ0n) is 36.4. The number of aliphatic hydroxyl groups is 2. The largest absolute Gasteiger partial charge is 0.472 e. The molecule has 3 atom stereocenters. The minimum Gasteiger partial charge on any atom is -0.462 e. The van der Waals surface area contributed by atoms with Crippen LogP contribution in [-0.2, 0) is 32.7 Å². The second kappa shape index (κ2) is 42.1. The molecule has 56 heavy (non-hydrogen) atoms. The Labute approximate surface area is 344 Å². The maximum absolute atomic E-state index is 12.6. The summed E-state index contributed by atoms with van der Waals surface area (Å²) in [6.45, 7) is 2.43. The number of ether oxygens (including phenoxy) is 2. The molecule has 1 unspecified atom stereocenters. The van der Waals surface area contributed by atoms with Crippen LogP contribution in [0.5, 0.6) is 0 Å². The lowest BCUT2D eigenvalue weighted by atomic mass is 10.0. The van der Waals surface area contributed by atoms with Crippen LogP contribution in [0.4, 0.5) is 0 Å². The molecule has 0 amide bonds. The van der Waals surface area contributed by atoms with Gasteiger partial charge < -0.3 is 24.6 Å². The fourth-order valence-electron chi connectivity index (χ4n) is 6.88. The van der Waals surface area contributed by atoms with Gasteiger partial charge in [-0.2, -0.15) is 0 Å². The number of esters is 2. The summed E-state index contributed by atoms with van der Waals surface area (Å²) in [6.07, 6.45) is 39.2. The van der Waals surface area contributed by atoms with Crippen LogP contribution in [0.25, 0.3) is 0 Å². The fourth-order valence-corrected chi connectivity index (χ4v) is 7.67. The van der Waals surface area contributed by atoms with Gasteiger partial charge in [0.15, 0.2) is 6.10 Å². The number of hydrogen-bond donors (Lipinski definition) is 3. The van der Waals surface area contributed by atoms with Crippen molar-refractivity contribution in [3.63, 3.8) is 0 Å². The van der Waals surface area contributed by atoms with Crippen LogP contribution in [-0.4, -0.2) is 65.7 Å². The van der Waals surface area contributed by atoms with E-state index in [2.05, 4.69) is 13.8 Å². The lowest BCUT2D eigenvalue weighted by molar-refractivity contribution is -0.161. The molecule has 0 bridgehead atoms. The van der Waals surface area contributed by atoms with Crippen LogP contribution < -0.4 is 0 Å². The van der Waals surface area contributed by atoms with Crippen molar-refractivity contribution in [1.29, 1.82) is 0 Å². The number of phosphoric ester groups is 1. The Morgan fingerprint density at radius 1 is 0.464 bits per heavy atom. The van der Waals surface area contributed by atoms with Gasteiger partial charge in [-0.1, -0.05) is 213 Å². The zero-order valence-corrected chi connectivity index (χ0v) is 37.3. The molecule has 0 aliphatic carbocycles. The smallest absolute Gasteiger partial charge is 0.462 e. The van der Waals surface area contributed by atoms with Gasteiger partial charge in [-0.25, -0.2) is 4.57 Å². The highest BCUT2D eigenvalue weighted by Crippen LogP contribution is 2.43. The molecule has 0 radical (unpaired) electrons. The van der Waals surface area contributed by atoms with E-state index in [-0.39, 0.29) is 19.4 Å². The van der Waals surface area contributed by atoms with Crippen molar-refractivity contribution in [2.75, 3.05) is 26.4 Å². The topological polar surface area (TPSA) is 149 Å². The van der Waals surface area contributed by atoms with Crippen LogP contribution >= 0.6 is 7.82 Å². The van der Waals surface area contributed by atoms with Crippen molar-refractivity contribution in [3.8, 4) is 0 Å². The lowest BCUT2D eigenvalue weighted by Gasteiger charge is -2.20. The molecule has 0 saturated carbocycles. The maximum Gasteiger partial charge on any atom is 0.472 e. The predicted molar refractivity (Wildman–Crippen MR) is 229 cm³/mol. The van der Waals surface area contributed by atoms with Crippen molar-refractivity contribution in [2.24, 2.45) is 0 Å². The third-order valence-electron chi connectivity index (χ3n) is 10.5. The SMILES string of the molecule is CCCCCCCCCCCCCCCCCCCCC(=O)OC[C@H](COP(=O)(O)OC[C@@H](O)CO)OC(=O)CCCCCCCCCCCCCCCCC. The van der Waals surface area contributed by atoms with Gasteiger partial charge in [0.05, 0.1) is 19.8 Å². The highest BCUT2D eigenvalue weighted by Gasteiger charge is 2.27. The number of phosphoric acid groups is 1. The van der Waals surface area contributed by atoms with Gasteiger partial charge >= 0.3 is 19.8 Å². The Kier molecular flexibility index (Phi) is 41.3. The number of rotatable bonds is 45. The molecule has 0 aromatic carbocycles. The molecule has 0 fully saturated rings. The van der Waals surface area contributed by atoms with Gasteiger partial charge in [0.2, 0.25) is 0 Å². The monoisotopic (exact) mass is 821 g/mol. The lowest BCUT2D eigenvalue weighted by Crippen LogP contribution is -2.29. The standard InChI is InChI=1S/C45H89O10P/c1-3-5-7-9-11-13-15-17-19-20-21-23-24-26-28-30-32-34-36-44(48)52-40-43(41-54-56(50,51)53-39-42(47)38-46)55-45(49)37-35-33-31-29-27-25-22-18-16-14-12-10-8-6-4-2/h42-43,46-47H,3-41H2,1-2H3,(H,50,51)/t42-,43+/m0/s1. The fraction of sp³-hybridized carbons (Fsp3) is 0.956. The first kappa shape index (κ1) is 55.0. The van der Waals surface area contributed by atoms with Gasteiger partial charge in [-0.15, -0.1) is 0 Å². The average Bonchev–Trinajstić information content (AvgIpc) is 3.19. The number of unbranched alkanes of at least 4 members (excludes halogenated alkanes) is 31. The van der Waals surface area contributed by atoms with E-state index in [0.29, 0.717) is 12.8 Å². The van der Waals surface area contributed by atoms with E-state index >= 15 is 0 Å². The van der Waals surface area contributed by atoms with Crippen molar-refractivity contribution in [1.82, 2.24) is 0 Å². The molecule has 0 aromatic rings. The Bertz CT molecular complexity index is 904. The molecule has 334 valence electrons. The third kappa shape index (κ3) is 41.1. The summed E-state index contributed by atoms with van der Waals surface area (Å²) in [5.41, 5.74) is 0. The molecule has 11 heteroatoms. The van der Waals surface area contributed by atoms with E-state index in [4.69, 9.17) is 23.6 Å². The Morgan fingerprint density at radius 2 is 0.768 bits per heavy atom. The molecule has 0 aromatic heterocycles. The molecule has 3 N–H and O–H groups in total. The summed E-state index contributed by atoms with van der Waals surface area (Å²) in [5.74, 6) is -0.906. The van der Waals surface area contributed by atoms with Crippen LogP contribution in [0.3, 0.4) is 0 Å². The first-order valence-electron chi connectivity index (χ1n) is 23.5. The second-order valence-electron chi connectivity index (χ2n) is 16.2. The van der Waals surface area contributed by atoms with Gasteiger partial charge in [0.25, 0.3) is 0 Å².